The lowest BCUT2D eigenvalue weighted by molar-refractivity contribution is -0.124. The van der Waals surface area contributed by atoms with Crippen LogP contribution < -0.4 is 10.6 Å². The summed E-state index contributed by atoms with van der Waals surface area (Å²) < 4.78 is 31.8. The van der Waals surface area contributed by atoms with Crippen molar-refractivity contribution >= 4 is 51.9 Å². The molecule has 0 aromatic rings. The number of hydrogen-bond donors (Lipinski definition) is 2. The van der Waals surface area contributed by atoms with Gasteiger partial charge in [0, 0.05) is 32.7 Å². The second-order valence-corrected chi connectivity index (χ2v) is 9.15. The minimum Gasteiger partial charge on any atom is -0.378 e. The third kappa shape index (κ3) is 7.81. The number of nitrogens with one attached hydrogen (secondary N) is 2. The standard InChI is InChI=1S/C17H32N6O5S.HI/c1-4-18-16(19-5-6-23-15(24)13-20-17(23)25)21-7-9-22(10-8-21)29(26,27)12-11-28-14(2)3;/h14H,4-13H2,1-3H3,(H,18,19)(H,20,25);1H. The summed E-state index contributed by atoms with van der Waals surface area (Å²) in [6, 6.07) is -0.393. The highest BCUT2D eigenvalue weighted by atomic mass is 127. The summed E-state index contributed by atoms with van der Waals surface area (Å²) in [5.74, 6) is 0.376. The monoisotopic (exact) mass is 560 g/mol. The molecule has 30 heavy (non-hydrogen) atoms. The minimum absolute atomic E-state index is 0. The Morgan fingerprint density at radius 2 is 1.90 bits per heavy atom. The van der Waals surface area contributed by atoms with Crippen molar-refractivity contribution in [2.45, 2.75) is 26.9 Å². The van der Waals surface area contributed by atoms with E-state index in [0.29, 0.717) is 38.7 Å². The van der Waals surface area contributed by atoms with Crippen molar-refractivity contribution in [3.8, 4) is 0 Å². The second-order valence-electron chi connectivity index (χ2n) is 7.06. The van der Waals surface area contributed by atoms with Crippen LogP contribution >= 0.6 is 24.0 Å². The Kier molecular flexibility index (Phi) is 11.3. The van der Waals surface area contributed by atoms with Crippen LogP contribution in [0.2, 0.25) is 0 Å². The molecule has 2 aliphatic heterocycles. The van der Waals surface area contributed by atoms with E-state index in [1.165, 1.54) is 4.31 Å². The molecule has 2 N–H and O–H groups in total. The van der Waals surface area contributed by atoms with Crippen molar-refractivity contribution in [3.63, 3.8) is 0 Å². The van der Waals surface area contributed by atoms with Gasteiger partial charge in [-0.15, -0.1) is 24.0 Å². The predicted molar refractivity (Wildman–Crippen MR) is 125 cm³/mol. The van der Waals surface area contributed by atoms with E-state index in [2.05, 4.69) is 15.6 Å². The summed E-state index contributed by atoms with van der Waals surface area (Å²) in [7, 11) is -3.35. The fourth-order valence-corrected chi connectivity index (χ4v) is 4.34. The van der Waals surface area contributed by atoms with E-state index in [9.17, 15) is 18.0 Å². The van der Waals surface area contributed by atoms with Crippen LogP contribution in [0, 0.1) is 0 Å². The summed E-state index contributed by atoms with van der Waals surface area (Å²) in [6.45, 7) is 8.85. The van der Waals surface area contributed by atoms with Gasteiger partial charge in [0.1, 0.15) is 0 Å². The van der Waals surface area contributed by atoms with E-state index in [0.717, 1.165) is 4.90 Å². The fourth-order valence-electron chi connectivity index (χ4n) is 3.06. The molecular weight excluding hydrogens is 527 g/mol. The third-order valence-corrected chi connectivity index (χ3v) is 6.42. The van der Waals surface area contributed by atoms with Gasteiger partial charge in [-0.3, -0.25) is 14.7 Å². The molecular formula is C17H33IN6O5S. The first-order chi connectivity index (χ1) is 13.7. The van der Waals surface area contributed by atoms with Crippen LogP contribution in [0.3, 0.4) is 0 Å². The maximum Gasteiger partial charge on any atom is 0.324 e. The van der Waals surface area contributed by atoms with Gasteiger partial charge in [-0.05, 0) is 20.8 Å². The second kappa shape index (κ2) is 12.6. The van der Waals surface area contributed by atoms with Crippen LogP contribution in [0.4, 0.5) is 4.79 Å². The van der Waals surface area contributed by atoms with Gasteiger partial charge in [0.05, 0.1) is 38.1 Å². The molecule has 0 aromatic carbocycles. The Hall–Kier alpha value is -1.19. The highest BCUT2D eigenvalue weighted by Gasteiger charge is 2.29. The largest absolute Gasteiger partial charge is 0.378 e. The zero-order chi connectivity index (χ0) is 21.4. The van der Waals surface area contributed by atoms with Crippen LogP contribution in [0.25, 0.3) is 0 Å². The van der Waals surface area contributed by atoms with Crippen molar-refractivity contribution in [3.05, 3.63) is 0 Å². The molecule has 11 nitrogen and oxygen atoms in total. The van der Waals surface area contributed by atoms with E-state index < -0.39 is 16.1 Å². The number of amides is 3. The number of piperazine rings is 1. The minimum atomic E-state index is -3.35. The first-order valence-corrected chi connectivity index (χ1v) is 11.6. The molecule has 0 radical (unpaired) electrons. The average molecular weight is 560 g/mol. The number of nitrogens with zero attached hydrogens (tertiary/aromatic N) is 4. The molecule has 2 aliphatic rings. The van der Waals surface area contributed by atoms with Crippen LogP contribution in [0.15, 0.2) is 4.99 Å². The molecule has 0 spiro atoms. The van der Waals surface area contributed by atoms with Crippen molar-refractivity contribution in [2.24, 2.45) is 4.99 Å². The van der Waals surface area contributed by atoms with E-state index in [4.69, 9.17) is 4.74 Å². The van der Waals surface area contributed by atoms with E-state index in [1.807, 2.05) is 25.7 Å². The molecule has 0 aromatic heterocycles. The Balaban J connectivity index is 0.00000450. The number of ether oxygens (including phenoxy) is 1. The van der Waals surface area contributed by atoms with Crippen LogP contribution in [0.1, 0.15) is 20.8 Å². The highest BCUT2D eigenvalue weighted by molar-refractivity contribution is 14.0. The number of halogens is 1. The molecule has 0 unspecified atom stereocenters. The lowest BCUT2D eigenvalue weighted by Gasteiger charge is -2.36. The van der Waals surface area contributed by atoms with Crippen molar-refractivity contribution in [2.75, 3.05) is 64.7 Å². The molecule has 2 fully saturated rings. The van der Waals surface area contributed by atoms with Crippen molar-refractivity contribution < 1.29 is 22.7 Å². The Bertz CT molecular complexity index is 693. The first-order valence-electron chi connectivity index (χ1n) is 9.95. The molecule has 3 amide bonds. The number of hydrogen-bond acceptors (Lipinski definition) is 6. The molecule has 0 saturated carbocycles. The van der Waals surface area contributed by atoms with Crippen molar-refractivity contribution in [1.82, 2.24) is 24.7 Å². The van der Waals surface area contributed by atoms with Crippen LogP contribution in [-0.2, 0) is 19.6 Å². The Morgan fingerprint density at radius 3 is 2.43 bits per heavy atom. The summed E-state index contributed by atoms with van der Waals surface area (Å²) in [4.78, 5) is 30.8. The topological polar surface area (TPSA) is 124 Å². The van der Waals surface area contributed by atoms with E-state index >= 15 is 0 Å². The number of imide groups is 1. The van der Waals surface area contributed by atoms with Gasteiger partial charge in [0.25, 0.3) is 0 Å². The molecule has 13 heteroatoms. The summed E-state index contributed by atoms with van der Waals surface area (Å²) in [5.41, 5.74) is 0. The number of sulfonamides is 1. The van der Waals surface area contributed by atoms with Crippen molar-refractivity contribution in [1.29, 1.82) is 0 Å². The van der Waals surface area contributed by atoms with Gasteiger partial charge >= 0.3 is 6.03 Å². The first kappa shape index (κ1) is 26.8. The predicted octanol–water partition coefficient (Wildman–Crippen LogP) is -0.506. The van der Waals surface area contributed by atoms with Gasteiger partial charge in [0.15, 0.2) is 5.96 Å². The lowest BCUT2D eigenvalue weighted by Crippen LogP contribution is -2.54. The maximum absolute atomic E-state index is 12.5. The van der Waals surface area contributed by atoms with E-state index in [1.54, 1.807) is 0 Å². The quantitative estimate of drug-likeness (QED) is 0.169. The zero-order valence-electron chi connectivity index (χ0n) is 17.8. The molecule has 2 heterocycles. The van der Waals surface area contributed by atoms with Crippen LogP contribution in [0.5, 0.6) is 0 Å². The third-order valence-electron chi connectivity index (χ3n) is 4.58. The lowest BCUT2D eigenvalue weighted by atomic mass is 10.4. The van der Waals surface area contributed by atoms with E-state index in [-0.39, 0.29) is 68.0 Å². The maximum atomic E-state index is 12.5. The number of carbonyl (C=O) groups excluding carboxylic acids is 2. The highest BCUT2D eigenvalue weighted by Crippen LogP contribution is 2.09. The number of guanidine groups is 1. The van der Waals surface area contributed by atoms with Gasteiger partial charge in [-0.1, -0.05) is 0 Å². The smallest absolute Gasteiger partial charge is 0.324 e. The summed E-state index contributed by atoms with van der Waals surface area (Å²) >= 11 is 0. The molecule has 2 rings (SSSR count). The molecule has 0 atom stereocenters. The van der Waals surface area contributed by atoms with Gasteiger partial charge in [-0.2, -0.15) is 4.31 Å². The number of aliphatic imine (C=N–C) groups is 1. The summed E-state index contributed by atoms with van der Waals surface area (Å²) in [5, 5.41) is 5.66. The Labute approximate surface area is 195 Å². The van der Waals surface area contributed by atoms with Gasteiger partial charge in [-0.25, -0.2) is 13.2 Å². The number of rotatable bonds is 9. The zero-order valence-corrected chi connectivity index (χ0v) is 20.9. The summed E-state index contributed by atoms with van der Waals surface area (Å²) in [6.07, 6.45) is 0.00265. The van der Waals surface area contributed by atoms with Gasteiger partial charge in [0.2, 0.25) is 15.9 Å². The molecule has 174 valence electrons. The Morgan fingerprint density at radius 1 is 1.23 bits per heavy atom. The van der Waals surface area contributed by atoms with Crippen LogP contribution in [-0.4, -0.2) is 111 Å². The van der Waals surface area contributed by atoms with Gasteiger partial charge < -0.3 is 20.3 Å². The number of carbonyl (C=O) groups is 2. The average Bonchev–Trinajstić information content (AvgIpc) is 2.99. The molecule has 2 saturated heterocycles. The molecule has 0 aliphatic carbocycles. The molecule has 0 bridgehead atoms. The SMILES string of the molecule is CCNC(=NCCN1C(=O)CNC1=O)N1CCN(S(=O)(=O)CCOC(C)C)CC1.I. The normalized spacial score (nSPS) is 18.6. The number of urea groups is 1. The fraction of sp³-hybridized carbons (Fsp3) is 0.824.